The van der Waals surface area contributed by atoms with Gasteiger partial charge in [0.15, 0.2) is 5.60 Å². The maximum atomic E-state index is 13.9. The number of hydrogen-bond acceptors (Lipinski definition) is 7. The summed E-state index contributed by atoms with van der Waals surface area (Å²) in [6.07, 6.45) is 3.06. The Balaban J connectivity index is 1.54. The van der Waals surface area contributed by atoms with Gasteiger partial charge in [0.1, 0.15) is 5.75 Å². The Morgan fingerprint density at radius 3 is 2.68 bits per heavy atom. The van der Waals surface area contributed by atoms with Gasteiger partial charge in [-0.2, -0.15) is 0 Å². The molecule has 2 atom stereocenters. The molecule has 0 radical (unpaired) electrons. The molecule has 38 heavy (non-hydrogen) atoms. The summed E-state index contributed by atoms with van der Waals surface area (Å²) in [4.78, 5) is 43.1. The van der Waals surface area contributed by atoms with Crippen LogP contribution in [0, 0.1) is 5.92 Å². The molecule has 2 fully saturated rings. The zero-order valence-corrected chi connectivity index (χ0v) is 23.2. The molecular weight excluding hydrogens is 488 g/mol. The fourth-order valence-electron chi connectivity index (χ4n) is 5.25. The van der Waals surface area contributed by atoms with Crippen LogP contribution in [-0.2, 0) is 19.1 Å². The maximum Gasteiger partial charge on any atom is 0.270 e. The van der Waals surface area contributed by atoms with Crippen molar-refractivity contribution in [3.63, 3.8) is 0 Å². The molecule has 1 aromatic rings. The largest absolute Gasteiger partial charge is 0.476 e. The predicted octanol–water partition coefficient (Wildman–Crippen LogP) is 1.98. The Morgan fingerprint density at radius 2 is 2.03 bits per heavy atom. The van der Waals surface area contributed by atoms with Gasteiger partial charge < -0.3 is 35.0 Å². The third-order valence-electron chi connectivity index (χ3n) is 7.17. The lowest BCUT2D eigenvalue weighted by Gasteiger charge is -2.40. The van der Waals surface area contributed by atoms with Crippen molar-refractivity contribution < 1.29 is 29.0 Å². The number of carbonyl (C=O) groups excluding carboxylic acids is 3. The third-order valence-corrected chi connectivity index (χ3v) is 7.17. The fraction of sp³-hybridized carbons (Fsp3) is 0.679. The number of hydrogen-bond donors (Lipinski definition) is 3. The summed E-state index contributed by atoms with van der Waals surface area (Å²) in [5.74, 6) is -0.0259. The van der Waals surface area contributed by atoms with Crippen LogP contribution in [0.4, 0.5) is 11.4 Å². The molecule has 0 unspecified atom stereocenters. The first-order chi connectivity index (χ1) is 17.9. The van der Waals surface area contributed by atoms with E-state index in [0.717, 1.165) is 18.5 Å². The maximum absolute atomic E-state index is 13.9. The van der Waals surface area contributed by atoms with Crippen LogP contribution in [0.15, 0.2) is 18.2 Å². The van der Waals surface area contributed by atoms with Gasteiger partial charge in [0, 0.05) is 51.1 Å². The quantitative estimate of drug-likeness (QED) is 0.396. The van der Waals surface area contributed by atoms with Gasteiger partial charge in [0.05, 0.1) is 23.6 Å². The van der Waals surface area contributed by atoms with E-state index < -0.39 is 11.2 Å². The number of amides is 3. The van der Waals surface area contributed by atoms with Gasteiger partial charge >= 0.3 is 0 Å². The van der Waals surface area contributed by atoms with E-state index in [2.05, 4.69) is 10.6 Å². The van der Waals surface area contributed by atoms with Crippen LogP contribution in [-0.4, -0.2) is 79.5 Å². The number of anilines is 2. The Hall–Kier alpha value is -2.69. The summed E-state index contributed by atoms with van der Waals surface area (Å²) in [7, 11) is 1.64. The normalized spacial score (nSPS) is 22.9. The number of aliphatic hydroxyl groups is 1. The van der Waals surface area contributed by atoms with E-state index in [1.807, 2.05) is 23.1 Å². The molecule has 210 valence electrons. The van der Waals surface area contributed by atoms with Gasteiger partial charge in [-0.1, -0.05) is 0 Å². The first-order valence-electron chi connectivity index (χ1n) is 13.6. The van der Waals surface area contributed by atoms with Crippen LogP contribution in [0.1, 0.15) is 59.8 Å². The highest BCUT2D eigenvalue weighted by Crippen LogP contribution is 2.42. The molecule has 3 aliphatic rings. The van der Waals surface area contributed by atoms with Crippen molar-refractivity contribution in [2.24, 2.45) is 5.92 Å². The SMILES string of the molecule is COCCCN1C(=O)C(C)(C)Oc2ccc(N(C(=O)[C@H]3CNC[C@@H](NC(=O)CC(C)(C)O)C3)C3CC3)cc21. The van der Waals surface area contributed by atoms with Crippen molar-refractivity contribution in [1.82, 2.24) is 10.6 Å². The van der Waals surface area contributed by atoms with Crippen molar-refractivity contribution in [3.05, 3.63) is 18.2 Å². The second kappa shape index (κ2) is 11.2. The Labute approximate surface area is 225 Å². The summed E-state index contributed by atoms with van der Waals surface area (Å²) in [6.45, 7) is 8.87. The third kappa shape index (κ3) is 6.65. The number of rotatable bonds is 10. The molecule has 3 N–H and O–H groups in total. The molecule has 10 nitrogen and oxygen atoms in total. The lowest BCUT2D eigenvalue weighted by molar-refractivity contribution is -0.132. The smallest absolute Gasteiger partial charge is 0.270 e. The van der Waals surface area contributed by atoms with Crippen LogP contribution in [0.3, 0.4) is 0 Å². The van der Waals surface area contributed by atoms with E-state index in [4.69, 9.17) is 9.47 Å². The molecular formula is C28H42N4O6. The molecule has 1 saturated carbocycles. The van der Waals surface area contributed by atoms with Crippen LogP contribution in [0.5, 0.6) is 5.75 Å². The predicted molar refractivity (Wildman–Crippen MR) is 144 cm³/mol. The summed E-state index contributed by atoms with van der Waals surface area (Å²) in [5, 5.41) is 16.2. The summed E-state index contributed by atoms with van der Waals surface area (Å²) < 4.78 is 11.2. The first-order valence-corrected chi connectivity index (χ1v) is 13.6. The summed E-state index contributed by atoms with van der Waals surface area (Å²) in [5.41, 5.74) is -0.655. The van der Waals surface area contributed by atoms with E-state index in [9.17, 15) is 19.5 Å². The van der Waals surface area contributed by atoms with Gasteiger partial charge in [-0.25, -0.2) is 0 Å². The van der Waals surface area contributed by atoms with Gasteiger partial charge in [-0.05, 0) is 71.6 Å². The summed E-state index contributed by atoms with van der Waals surface area (Å²) >= 11 is 0. The average molecular weight is 531 g/mol. The second-order valence-corrected chi connectivity index (χ2v) is 11.9. The Bertz CT molecular complexity index is 1050. The highest BCUT2D eigenvalue weighted by molar-refractivity contribution is 6.04. The zero-order chi connectivity index (χ0) is 27.7. The topological polar surface area (TPSA) is 120 Å². The lowest BCUT2D eigenvalue weighted by atomic mass is 9.93. The molecule has 0 bridgehead atoms. The number of methoxy groups -OCH3 is 1. The average Bonchev–Trinajstić information content (AvgIpc) is 3.66. The van der Waals surface area contributed by atoms with E-state index in [-0.39, 0.29) is 42.1 Å². The van der Waals surface area contributed by atoms with Crippen LogP contribution in [0.2, 0.25) is 0 Å². The molecule has 1 aliphatic carbocycles. The standard InChI is InChI=1S/C28H42N4O6/c1-27(2,36)15-24(33)30-19-13-18(16-29-17-19)25(34)32(20-7-8-20)21-9-10-23-22(14-21)31(11-6-12-37-5)26(35)28(3,4)38-23/h9-10,14,18-20,29,36H,6-8,11-13,15-17H2,1-5H3,(H,30,33)/t18-,19+/m1/s1. The van der Waals surface area contributed by atoms with Crippen molar-refractivity contribution in [2.45, 2.75) is 83.1 Å². The highest BCUT2D eigenvalue weighted by atomic mass is 16.5. The van der Waals surface area contributed by atoms with Crippen LogP contribution < -0.4 is 25.2 Å². The minimum atomic E-state index is -1.09. The molecule has 4 rings (SSSR count). The Kier molecular flexibility index (Phi) is 8.34. The number of benzene rings is 1. The van der Waals surface area contributed by atoms with Crippen LogP contribution in [0.25, 0.3) is 0 Å². The van der Waals surface area contributed by atoms with Crippen molar-refractivity contribution in [2.75, 3.05) is 43.2 Å². The van der Waals surface area contributed by atoms with Gasteiger partial charge in [-0.3, -0.25) is 14.4 Å². The lowest BCUT2D eigenvalue weighted by Crippen LogP contribution is -2.54. The number of carbonyl (C=O) groups is 3. The molecule has 0 spiro atoms. The fourth-order valence-corrected chi connectivity index (χ4v) is 5.25. The van der Waals surface area contributed by atoms with Gasteiger partial charge in [0.2, 0.25) is 11.8 Å². The minimum Gasteiger partial charge on any atom is -0.476 e. The number of piperidine rings is 1. The number of nitrogens with zero attached hydrogens (tertiary/aromatic N) is 2. The minimum absolute atomic E-state index is 0.00388. The molecule has 2 aliphatic heterocycles. The van der Waals surface area contributed by atoms with Crippen molar-refractivity contribution in [1.29, 1.82) is 0 Å². The number of ether oxygens (including phenoxy) is 2. The highest BCUT2D eigenvalue weighted by Gasteiger charge is 2.43. The Morgan fingerprint density at radius 1 is 1.29 bits per heavy atom. The van der Waals surface area contributed by atoms with Crippen molar-refractivity contribution in [3.8, 4) is 5.75 Å². The van der Waals surface area contributed by atoms with E-state index in [0.29, 0.717) is 50.5 Å². The van der Waals surface area contributed by atoms with E-state index in [1.165, 1.54) is 0 Å². The monoisotopic (exact) mass is 530 g/mol. The molecule has 3 amide bonds. The van der Waals surface area contributed by atoms with E-state index in [1.54, 1.807) is 39.7 Å². The molecule has 0 aromatic heterocycles. The van der Waals surface area contributed by atoms with Crippen LogP contribution >= 0.6 is 0 Å². The molecule has 2 heterocycles. The molecule has 1 saturated heterocycles. The van der Waals surface area contributed by atoms with Gasteiger partial charge in [-0.15, -0.1) is 0 Å². The first kappa shape index (κ1) is 28.3. The molecule has 10 heteroatoms. The van der Waals surface area contributed by atoms with Crippen molar-refractivity contribution >= 4 is 29.1 Å². The number of fused-ring (bicyclic) bond motifs is 1. The zero-order valence-electron chi connectivity index (χ0n) is 23.2. The second-order valence-electron chi connectivity index (χ2n) is 11.9. The summed E-state index contributed by atoms with van der Waals surface area (Å²) in [6, 6.07) is 5.56. The number of nitrogens with one attached hydrogen (secondary N) is 2. The molecule has 1 aromatic carbocycles. The van der Waals surface area contributed by atoms with Gasteiger partial charge in [0.25, 0.3) is 5.91 Å². The van der Waals surface area contributed by atoms with E-state index >= 15 is 0 Å².